The normalized spacial score (nSPS) is 13.9. The SMILES string of the molecule is CSCC[C@@H](C=O)NC(=O)[C@@H](N)Cc1cnc[nH]1. The lowest BCUT2D eigenvalue weighted by Gasteiger charge is -2.15. The van der Waals surface area contributed by atoms with Gasteiger partial charge in [-0.15, -0.1) is 0 Å². The number of rotatable bonds is 8. The average molecular weight is 270 g/mol. The Morgan fingerprint density at radius 2 is 2.50 bits per heavy atom. The first-order chi connectivity index (χ1) is 8.67. The predicted molar refractivity (Wildman–Crippen MR) is 71.3 cm³/mol. The number of nitrogens with two attached hydrogens (primary N) is 1. The Morgan fingerprint density at radius 3 is 3.06 bits per heavy atom. The molecule has 18 heavy (non-hydrogen) atoms. The van der Waals surface area contributed by atoms with Crippen LogP contribution in [0.25, 0.3) is 0 Å². The molecule has 0 aliphatic heterocycles. The zero-order chi connectivity index (χ0) is 13.4. The lowest BCUT2D eigenvalue weighted by Crippen LogP contribution is -2.47. The van der Waals surface area contributed by atoms with Crippen LogP contribution in [-0.2, 0) is 16.0 Å². The molecule has 7 heteroatoms. The first-order valence-corrected chi connectivity index (χ1v) is 7.04. The van der Waals surface area contributed by atoms with Crippen LogP contribution in [0.15, 0.2) is 12.5 Å². The molecule has 1 rings (SSSR count). The van der Waals surface area contributed by atoms with Crippen LogP contribution in [0.1, 0.15) is 12.1 Å². The molecular formula is C11H18N4O2S. The van der Waals surface area contributed by atoms with E-state index in [-0.39, 0.29) is 5.91 Å². The van der Waals surface area contributed by atoms with E-state index in [9.17, 15) is 9.59 Å². The van der Waals surface area contributed by atoms with Crippen LogP contribution in [0.3, 0.4) is 0 Å². The number of aromatic nitrogens is 2. The molecule has 0 fully saturated rings. The number of hydrogen-bond acceptors (Lipinski definition) is 5. The highest BCUT2D eigenvalue weighted by atomic mass is 32.2. The zero-order valence-corrected chi connectivity index (χ0v) is 11.1. The van der Waals surface area contributed by atoms with E-state index >= 15 is 0 Å². The minimum atomic E-state index is -0.679. The zero-order valence-electron chi connectivity index (χ0n) is 10.3. The summed E-state index contributed by atoms with van der Waals surface area (Å²) in [7, 11) is 0. The number of aldehydes is 1. The van der Waals surface area contributed by atoms with Gasteiger partial charge in [-0.05, 0) is 18.4 Å². The fraction of sp³-hybridized carbons (Fsp3) is 0.545. The third-order valence-electron chi connectivity index (χ3n) is 2.46. The Morgan fingerprint density at radius 1 is 1.72 bits per heavy atom. The maximum absolute atomic E-state index is 11.8. The van der Waals surface area contributed by atoms with Gasteiger partial charge in [0, 0.05) is 18.3 Å². The molecule has 1 heterocycles. The van der Waals surface area contributed by atoms with Crippen LogP contribution < -0.4 is 11.1 Å². The number of nitrogens with one attached hydrogen (secondary N) is 2. The van der Waals surface area contributed by atoms with Crippen molar-refractivity contribution in [1.82, 2.24) is 15.3 Å². The van der Waals surface area contributed by atoms with Gasteiger partial charge in [0.2, 0.25) is 5.91 Å². The first-order valence-electron chi connectivity index (χ1n) is 5.64. The average Bonchev–Trinajstić information content (AvgIpc) is 2.86. The number of amides is 1. The maximum Gasteiger partial charge on any atom is 0.237 e. The number of nitrogens with zero attached hydrogens (tertiary/aromatic N) is 1. The lowest BCUT2D eigenvalue weighted by molar-refractivity contribution is -0.125. The van der Waals surface area contributed by atoms with E-state index in [0.29, 0.717) is 12.8 Å². The molecular weight excluding hydrogens is 252 g/mol. The van der Waals surface area contributed by atoms with Gasteiger partial charge in [0.1, 0.15) is 6.29 Å². The van der Waals surface area contributed by atoms with Crippen molar-refractivity contribution in [2.45, 2.75) is 24.9 Å². The van der Waals surface area contributed by atoms with E-state index in [1.165, 1.54) is 6.33 Å². The number of aromatic amines is 1. The summed E-state index contributed by atoms with van der Waals surface area (Å²) in [6, 6.07) is -1.14. The van der Waals surface area contributed by atoms with Gasteiger partial charge in [-0.25, -0.2) is 4.98 Å². The van der Waals surface area contributed by atoms with Gasteiger partial charge in [0.15, 0.2) is 0 Å². The number of H-pyrrole nitrogens is 1. The first kappa shape index (κ1) is 14.7. The van der Waals surface area contributed by atoms with E-state index in [1.54, 1.807) is 18.0 Å². The molecule has 6 nitrogen and oxygen atoms in total. The van der Waals surface area contributed by atoms with Gasteiger partial charge in [0.25, 0.3) is 0 Å². The van der Waals surface area contributed by atoms with Crippen LogP contribution in [0.4, 0.5) is 0 Å². The summed E-state index contributed by atoms with van der Waals surface area (Å²) < 4.78 is 0. The van der Waals surface area contributed by atoms with E-state index in [2.05, 4.69) is 15.3 Å². The summed E-state index contributed by atoms with van der Waals surface area (Å²) in [6.07, 6.45) is 6.85. The van der Waals surface area contributed by atoms with Crippen LogP contribution in [-0.4, -0.2) is 46.3 Å². The fourth-order valence-corrected chi connectivity index (χ4v) is 1.92. The summed E-state index contributed by atoms with van der Waals surface area (Å²) in [5.74, 6) is 0.502. The quantitative estimate of drug-likeness (QED) is 0.564. The molecule has 0 radical (unpaired) electrons. The summed E-state index contributed by atoms with van der Waals surface area (Å²) in [4.78, 5) is 29.3. The van der Waals surface area contributed by atoms with Crippen LogP contribution >= 0.6 is 11.8 Å². The monoisotopic (exact) mass is 270 g/mol. The topological polar surface area (TPSA) is 101 Å². The summed E-state index contributed by atoms with van der Waals surface area (Å²) >= 11 is 1.63. The Hall–Kier alpha value is -1.34. The number of thioether (sulfide) groups is 1. The number of hydrogen-bond donors (Lipinski definition) is 3. The highest BCUT2D eigenvalue weighted by Crippen LogP contribution is 2.01. The molecule has 100 valence electrons. The van der Waals surface area contributed by atoms with Crippen molar-refractivity contribution < 1.29 is 9.59 Å². The molecule has 0 unspecified atom stereocenters. The van der Waals surface area contributed by atoms with Crippen LogP contribution in [0.2, 0.25) is 0 Å². The van der Waals surface area contributed by atoms with Crippen molar-refractivity contribution in [1.29, 1.82) is 0 Å². The molecule has 0 bridgehead atoms. The molecule has 1 aromatic heterocycles. The van der Waals surface area contributed by atoms with Gasteiger partial charge in [-0.1, -0.05) is 0 Å². The summed E-state index contributed by atoms with van der Waals surface area (Å²) in [6.45, 7) is 0. The minimum Gasteiger partial charge on any atom is -0.348 e. The molecule has 0 aliphatic carbocycles. The fourth-order valence-electron chi connectivity index (χ4n) is 1.43. The number of carbonyl (C=O) groups excluding carboxylic acids is 2. The van der Waals surface area contributed by atoms with Gasteiger partial charge < -0.3 is 20.8 Å². The Balaban J connectivity index is 2.40. The van der Waals surface area contributed by atoms with E-state index in [0.717, 1.165) is 17.7 Å². The predicted octanol–water partition coefficient (Wildman–Crippen LogP) is -0.284. The number of carbonyl (C=O) groups is 2. The van der Waals surface area contributed by atoms with Crippen molar-refractivity contribution in [3.05, 3.63) is 18.2 Å². The number of imidazole rings is 1. The molecule has 0 saturated carbocycles. The molecule has 0 spiro atoms. The smallest absolute Gasteiger partial charge is 0.237 e. The van der Waals surface area contributed by atoms with E-state index in [4.69, 9.17) is 5.73 Å². The molecule has 1 aromatic rings. The van der Waals surface area contributed by atoms with Crippen molar-refractivity contribution in [3.63, 3.8) is 0 Å². The molecule has 1 amide bonds. The molecule has 4 N–H and O–H groups in total. The molecule has 0 aromatic carbocycles. The van der Waals surface area contributed by atoms with E-state index < -0.39 is 12.1 Å². The van der Waals surface area contributed by atoms with Crippen molar-refractivity contribution >= 4 is 24.0 Å². The third kappa shape index (κ3) is 4.89. The van der Waals surface area contributed by atoms with Crippen LogP contribution in [0, 0.1) is 0 Å². The van der Waals surface area contributed by atoms with Crippen molar-refractivity contribution in [2.24, 2.45) is 5.73 Å². The highest BCUT2D eigenvalue weighted by molar-refractivity contribution is 7.98. The molecule has 0 saturated heterocycles. The Labute approximate surface area is 110 Å². The van der Waals surface area contributed by atoms with Crippen molar-refractivity contribution in [2.75, 3.05) is 12.0 Å². The largest absolute Gasteiger partial charge is 0.348 e. The van der Waals surface area contributed by atoms with Crippen molar-refractivity contribution in [3.8, 4) is 0 Å². The maximum atomic E-state index is 11.8. The molecule has 0 aliphatic rings. The Kier molecular flexibility index (Phi) is 6.45. The second-order valence-electron chi connectivity index (χ2n) is 3.92. The highest BCUT2D eigenvalue weighted by Gasteiger charge is 2.18. The summed E-state index contributed by atoms with van der Waals surface area (Å²) in [5.41, 5.74) is 6.55. The van der Waals surface area contributed by atoms with Gasteiger partial charge in [-0.3, -0.25) is 4.79 Å². The second-order valence-corrected chi connectivity index (χ2v) is 4.91. The van der Waals surface area contributed by atoms with Gasteiger partial charge in [0.05, 0.1) is 18.4 Å². The standard InChI is InChI=1S/C11H18N4O2S/c1-18-3-2-8(6-16)15-11(17)10(12)4-9-5-13-7-14-9/h5-8,10H,2-4,12H2,1H3,(H,13,14)(H,15,17)/t8-,10-/m0/s1. The van der Waals surface area contributed by atoms with Gasteiger partial charge >= 0.3 is 0 Å². The van der Waals surface area contributed by atoms with Crippen LogP contribution in [0.5, 0.6) is 0 Å². The van der Waals surface area contributed by atoms with Gasteiger partial charge in [-0.2, -0.15) is 11.8 Å². The minimum absolute atomic E-state index is 0.317. The van der Waals surface area contributed by atoms with E-state index in [1.807, 2.05) is 6.26 Å². The third-order valence-corrected chi connectivity index (χ3v) is 3.10. The Bertz CT molecular complexity index is 369. The molecule has 2 atom stereocenters. The summed E-state index contributed by atoms with van der Waals surface area (Å²) in [5, 5.41) is 2.63. The second kappa shape index (κ2) is 7.88. The lowest BCUT2D eigenvalue weighted by atomic mass is 10.1.